The van der Waals surface area contributed by atoms with Crippen LogP contribution in [0, 0.1) is 5.92 Å². The second-order valence-corrected chi connectivity index (χ2v) is 5.59. The van der Waals surface area contributed by atoms with Crippen molar-refractivity contribution in [2.45, 2.75) is 52.5 Å². The van der Waals surface area contributed by atoms with Gasteiger partial charge in [0, 0.05) is 6.54 Å². The van der Waals surface area contributed by atoms with Crippen LogP contribution in [-0.2, 0) is 6.54 Å². The summed E-state index contributed by atoms with van der Waals surface area (Å²) in [5.74, 6) is 1.57. The fourth-order valence-electron chi connectivity index (χ4n) is 2.19. The zero-order chi connectivity index (χ0) is 13.2. The Bertz CT molecular complexity index is 292. The van der Waals surface area contributed by atoms with Crippen molar-refractivity contribution in [3.8, 4) is 0 Å². The molecular formula is C17H28N. The van der Waals surface area contributed by atoms with Gasteiger partial charge >= 0.3 is 0 Å². The minimum Gasteiger partial charge on any atom is -0.302 e. The highest BCUT2D eigenvalue weighted by Crippen LogP contribution is 2.11. The summed E-state index contributed by atoms with van der Waals surface area (Å²) in [5, 5.41) is 0. The molecule has 1 aromatic carbocycles. The molecule has 0 bridgehead atoms. The van der Waals surface area contributed by atoms with Gasteiger partial charge in [0.2, 0.25) is 0 Å². The van der Waals surface area contributed by atoms with Crippen LogP contribution in [0.15, 0.2) is 30.3 Å². The van der Waals surface area contributed by atoms with Gasteiger partial charge in [-0.1, -0.05) is 63.4 Å². The van der Waals surface area contributed by atoms with Gasteiger partial charge < -0.3 is 4.90 Å². The summed E-state index contributed by atoms with van der Waals surface area (Å²) >= 11 is 0. The molecule has 0 saturated heterocycles. The molecule has 0 aliphatic heterocycles. The lowest BCUT2D eigenvalue weighted by Gasteiger charge is -2.16. The molecule has 1 heteroatoms. The van der Waals surface area contributed by atoms with Gasteiger partial charge in [-0.05, 0) is 37.9 Å². The number of hydrogen-bond acceptors (Lipinski definition) is 1. The summed E-state index contributed by atoms with van der Waals surface area (Å²) in [6.07, 6.45) is 6.74. The minimum atomic E-state index is 1.07. The summed E-state index contributed by atoms with van der Waals surface area (Å²) in [6.45, 7) is 6.74. The topological polar surface area (TPSA) is 3.24 Å². The van der Waals surface area contributed by atoms with Crippen LogP contribution in [0.3, 0.4) is 0 Å². The van der Waals surface area contributed by atoms with Gasteiger partial charge in [0.1, 0.15) is 0 Å². The molecule has 0 aliphatic carbocycles. The van der Waals surface area contributed by atoms with Gasteiger partial charge in [0.05, 0.1) is 0 Å². The van der Waals surface area contributed by atoms with Crippen molar-refractivity contribution in [1.29, 1.82) is 0 Å². The third-order valence-electron chi connectivity index (χ3n) is 3.26. The summed E-state index contributed by atoms with van der Waals surface area (Å²) in [6, 6.07) is 10.7. The Balaban J connectivity index is 2.02. The van der Waals surface area contributed by atoms with E-state index in [1.807, 2.05) is 0 Å². The van der Waals surface area contributed by atoms with Crippen LogP contribution < -0.4 is 0 Å². The van der Waals surface area contributed by atoms with Crippen LogP contribution in [0.4, 0.5) is 0 Å². The first-order valence-corrected chi connectivity index (χ1v) is 7.20. The zero-order valence-corrected chi connectivity index (χ0v) is 12.3. The first-order valence-electron chi connectivity index (χ1n) is 7.20. The molecule has 1 radical (unpaired) electrons. The lowest BCUT2D eigenvalue weighted by Crippen LogP contribution is -2.18. The Kier molecular flexibility index (Phi) is 7.75. The van der Waals surface area contributed by atoms with E-state index in [-0.39, 0.29) is 0 Å². The SMILES string of the molecule is C[C](C)CCCCCCN(C)Cc1ccccc1. The summed E-state index contributed by atoms with van der Waals surface area (Å²) in [4.78, 5) is 2.42. The standard InChI is InChI=1S/C17H28N/c1-16(2)11-7-4-5-10-14-18(3)15-17-12-8-6-9-13-17/h6,8-9,12-13H,4-5,7,10-11,14-15H2,1-3H3. The van der Waals surface area contributed by atoms with Crippen molar-refractivity contribution < 1.29 is 0 Å². The Morgan fingerprint density at radius 1 is 0.944 bits per heavy atom. The van der Waals surface area contributed by atoms with E-state index in [2.05, 4.69) is 56.1 Å². The zero-order valence-electron chi connectivity index (χ0n) is 12.3. The Morgan fingerprint density at radius 3 is 2.28 bits per heavy atom. The highest BCUT2D eigenvalue weighted by Gasteiger charge is 2.00. The average molecular weight is 246 g/mol. The van der Waals surface area contributed by atoms with Crippen LogP contribution in [0.5, 0.6) is 0 Å². The van der Waals surface area contributed by atoms with Crippen molar-refractivity contribution in [1.82, 2.24) is 4.90 Å². The number of unbranched alkanes of at least 4 members (excludes halogenated alkanes) is 3. The van der Waals surface area contributed by atoms with Crippen molar-refractivity contribution in [3.05, 3.63) is 41.8 Å². The summed E-state index contributed by atoms with van der Waals surface area (Å²) in [7, 11) is 2.22. The molecule has 1 nitrogen and oxygen atoms in total. The van der Waals surface area contributed by atoms with Crippen LogP contribution in [0.2, 0.25) is 0 Å². The van der Waals surface area contributed by atoms with Gasteiger partial charge in [-0.25, -0.2) is 0 Å². The number of rotatable bonds is 9. The average Bonchev–Trinajstić information content (AvgIpc) is 2.34. The van der Waals surface area contributed by atoms with Crippen LogP contribution in [0.25, 0.3) is 0 Å². The van der Waals surface area contributed by atoms with Gasteiger partial charge in [-0.3, -0.25) is 0 Å². The maximum absolute atomic E-state index is 2.42. The fraction of sp³-hybridized carbons (Fsp3) is 0.588. The second kappa shape index (κ2) is 9.16. The van der Waals surface area contributed by atoms with E-state index in [0.717, 1.165) is 6.54 Å². The summed E-state index contributed by atoms with van der Waals surface area (Å²) < 4.78 is 0. The maximum atomic E-state index is 2.42. The first kappa shape index (κ1) is 15.2. The molecule has 0 spiro atoms. The second-order valence-electron chi connectivity index (χ2n) is 5.59. The predicted octanol–water partition coefficient (Wildman–Crippen LogP) is 4.68. The van der Waals surface area contributed by atoms with E-state index in [1.165, 1.54) is 44.2 Å². The van der Waals surface area contributed by atoms with Crippen LogP contribution >= 0.6 is 0 Å². The molecule has 1 rings (SSSR count). The van der Waals surface area contributed by atoms with Crippen molar-refractivity contribution in [3.63, 3.8) is 0 Å². The van der Waals surface area contributed by atoms with Crippen molar-refractivity contribution >= 4 is 0 Å². The Labute approximate surface area is 113 Å². The van der Waals surface area contributed by atoms with E-state index in [1.54, 1.807) is 5.92 Å². The lowest BCUT2D eigenvalue weighted by atomic mass is 10.0. The predicted molar refractivity (Wildman–Crippen MR) is 80.5 cm³/mol. The van der Waals surface area contributed by atoms with Crippen LogP contribution in [0.1, 0.15) is 51.5 Å². The van der Waals surface area contributed by atoms with E-state index in [4.69, 9.17) is 0 Å². The molecule has 0 atom stereocenters. The molecule has 0 amide bonds. The molecule has 0 heterocycles. The molecule has 18 heavy (non-hydrogen) atoms. The molecular weight excluding hydrogens is 218 g/mol. The largest absolute Gasteiger partial charge is 0.302 e. The number of nitrogens with zero attached hydrogens (tertiary/aromatic N) is 1. The van der Waals surface area contributed by atoms with Gasteiger partial charge in [0.15, 0.2) is 0 Å². The van der Waals surface area contributed by atoms with E-state index >= 15 is 0 Å². The highest BCUT2D eigenvalue weighted by molar-refractivity contribution is 5.14. The van der Waals surface area contributed by atoms with Crippen molar-refractivity contribution in [2.24, 2.45) is 0 Å². The lowest BCUT2D eigenvalue weighted by molar-refractivity contribution is 0.316. The Hall–Kier alpha value is -0.820. The molecule has 0 aliphatic rings. The van der Waals surface area contributed by atoms with Gasteiger partial charge in [0.25, 0.3) is 0 Å². The summed E-state index contributed by atoms with van der Waals surface area (Å²) in [5.41, 5.74) is 1.41. The fourth-order valence-corrected chi connectivity index (χ4v) is 2.19. The molecule has 0 aromatic heterocycles. The Morgan fingerprint density at radius 2 is 1.61 bits per heavy atom. The monoisotopic (exact) mass is 246 g/mol. The maximum Gasteiger partial charge on any atom is 0.0230 e. The van der Waals surface area contributed by atoms with E-state index < -0.39 is 0 Å². The molecule has 101 valence electrons. The molecule has 1 aromatic rings. The molecule has 0 N–H and O–H groups in total. The number of hydrogen-bond donors (Lipinski definition) is 0. The smallest absolute Gasteiger partial charge is 0.0230 e. The normalized spacial score (nSPS) is 11.4. The first-order chi connectivity index (χ1) is 8.68. The minimum absolute atomic E-state index is 1.07. The van der Waals surface area contributed by atoms with Crippen molar-refractivity contribution in [2.75, 3.05) is 13.6 Å². The third kappa shape index (κ3) is 7.50. The quantitative estimate of drug-likeness (QED) is 0.572. The molecule has 0 fully saturated rings. The van der Waals surface area contributed by atoms with Crippen LogP contribution in [-0.4, -0.2) is 18.5 Å². The molecule has 0 unspecified atom stereocenters. The molecule has 0 saturated carbocycles. The highest BCUT2D eigenvalue weighted by atomic mass is 15.1. The van der Waals surface area contributed by atoms with Gasteiger partial charge in [-0.15, -0.1) is 0 Å². The third-order valence-corrected chi connectivity index (χ3v) is 3.26. The van der Waals surface area contributed by atoms with E-state index in [9.17, 15) is 0 Å². The van der Waals surface area contributed by atoms with E-state index in [0.29, 0.717) is 0 Å². The van der Waals surface area contributed by atoms with Gasteiger partial charge in [-0.2, -0.15) is 0 Å². The number of benzene rings is 1.